The van der Waals surface area contributed by atoms with Crippen molar-refractivity contribution < 1.29 is 19.4 Å². The third kappa shape index (κ3) is 7.99. The number of carbonyl (C=O) groups is 1. The van der Waals surface area contributed by atoms with Crippen LogP contribution in [0.1, 0.15) is 47.5 Å². The number of aliphatic hydroxyl groups excluding tert-OH is 1. The summed E-state index contributed by atoms with van der Waals surface area (Å²) < 4.78 is 11.0. The van der Waals surface area contributed by atoms with Crippen molar-refractivity contribution in [2.45, 2.75) is 65.1 Å². The molecule has 1 saturated heterocycles. The summed E-state index contributed by atoms with van der Waals surface area (Å²) in [6, 6.07) is 0.307. The van der Waals surface area contributed by atoms with Gasteiger partial charge in [0.1, 0.15) is 5.60 Å². The largest absolute Gasteiger partial charge is 0.444 e. The van der Waals surface area contributed by atoms with Gasteiger partial charge in [-0.1, -0.05) is 6.92 Å². The van der Waals surface area contributed by atoms with Gasteiger partial charge in [0.05, 0.1) is 19.3 Å². The predicted octanol–water partition coefficient (Wildman–Crippen LogP) is 2.01. The first-order valence-corrected chi connectivity index (χ1v) is 8.64. The van der Waals surface area contributed by atoms with E-state index in [4.69, 9.17) is 14.6 Å². The van der Waals surface area contributed by atoms with Crippen LogP contribution in [0.25, 0.3) is 0 Å². The molecule has 136 valence electrons. The topological polar surface area (TPSA) is 71.0 Å². The fourth-order valence-corrected chi connectivity index (χ4v) is 2.63. The Kier molecular flexibility index (Phi) is 8.29. The molecule has 1 aliphatic heterocycles. The van der Waals surface area contributed by atoms with E-state index in [-0.39, 0.29) is 24.8 Å². The number of nitrogens with zero attached hydrogens (tertiary/aromatic N) is 1. The Morgan fingerprint density at radius 3 is 2.74 bits per heavy atom. The van der Waals surface area contributed by atoms with Crippen LogP contribution in [0.2, 0.25) is 0 Å². The van der Waals surface area contributed by atoms with Crippen molar-refractivity contribution in [1.29, 1.82) is 0 Å². The molecule has 6 heteroatoms. The third-order valence-corrected chi connectivity index (χ3v) is 3.92. The smallest absolute Gasteiger partial charge is 0.410 e. The molecular weight excluding hydrogens is 296 g/mol. The number of morpholine rings is 1. The van der Waals surface area contributed by atoms with Crippen molar-refractivity contribution >= 4 is 6.09 Å². The minimum Gasteiger partial charge on any atom is -0.444 e. The highest BCUT2D eigenvalue weighted by atomic mass is 16.6. The molecule has 1 fully saturated rings. The number of hydrogen-bond acceptors (Lipinski definition) is 5. The van der Waals surface area contributed by atoms with Crippen LogP contribution in [0.4, 0.5) is 4.79 Å². The lowest BCUT2D eigenvalue weighted by atomic mass is 10.0. The van der Waals surface area contributed by atoms with Crippen LogP contribution in [-0.4, -0.2) is 66.7 Å². The first-order chi connectivity index (χ1) is 10.7. The van der Waals surface area contributed by atoms with E-state index < -0.39 is 5.60 Å². The van der Waals surface area contributed by atoms with Gasteiger partial charge in [-0.3, -0.25) is 0 Å². The molecule has 1 rings (SSSR count). The minimum atomic E-state index is -0.483. The van der Waals surface area contributed by atoms with Crippen LogP contribution in [0, 0.1) is 5.92 Å². The van der Waals surface area contributed by atoms with Gasteiger partial charge in [0.25, 0.3) is 0 Å². The molecule has 3 unspecified atom stereocenters. The molecule has 0 aromatic heterocycles. The van der Waals surface area contributed by atoms with Gasteiger partial charge in [0, 0.05) is 19.2 Å². The highest BCUT2D eigenvalue weighted by Gasteiger charge is 2.31. The van der Waals surface area contributed by atoms with Gasteiger partial charge in [0.2, 0.25) is 0 Å². The zero-order valence-corrected chi connectivity index (χ0v) is 15.3. The summed E-state index contributed by atoms with van der Waals surface area (Å²) in [5.41, 5.74) is -0.483. The summed E-state index contributed by atoms with van der Waals surface area (Å²) in [6.07, 6.45) is 1.37. The molecule has 0 aromatic rings. The van der Waals surface area contributed by atoms with Crippen molar-refractivity contribution in [2.75, 3.05) is 32.9 Å². The Morgan fingerprint density at radius 2 is 2.13 bits per heavy atom. The van der Waals surface area contributed by atoms with Gasteiger partial charge >= 0.3 is 6.09 Å². The summed E-state index contributed by atoms with van der Waals surface area (Å²) in [6.45, 7) is 12.7. The standard InChI is InChI=1S/C17H34N2O4/c1-13(6-8-20)11-18-14(2)10-15-12-22-9-7-19(15)16(21)23-17(3,4)5/h13-15,18,20H,6-12H2,1-5H3. The second-order valence-electron chi connectivity index (χ2n) is 7.56. The quantitative estimate of drug-likeness (QED) is 0.747. The second kappa shape index (κ2) is 9.45. The van der Waals surface area contributed by atoms with Crippen LogP contribution >= 0.6 is 0 Å². The van der Waals surface area contributed by atoms with E-state index in [1.165, 1.54) is 0 Å². The van der Waals surface area contributed by atoms with Crippen LogP contribution in [0.15, 0.2) is 0 Å². The Labute approximate surface area is 140 Å². The van der Waals surface area contributed by atoms with Crippen LogP contribution < -0.4 is 5.32 Å². The fourth-order valence-electron chi connectivity index (χ4n) is 2.63. The van der Waals surface area contributed by atoms with Crippen molar-refractivity contribution in [1.82, 2.24) is 10.2 Å². The first-order valence-electron chi connectivity index (χ1n) is 8.64. The molecule has 1 heterocycles. The van der Waals surface area contributed by atoms with Gasteiger partial charge in [-0.15, -0.1) is 0 Å². The molecular formula is C17H34N2O4. The molecule has 0 bridgehead atoms. The average Bonchev–Trinajstić information content (AvgIpc) is 2.44. The number of carbonyl (C=O) groups excluding carboxylic acids is 1. The van der Waals surface area contributed by atoms with Gasteiger partial charge in [-0.05, 0) is 53.0 Å². The summed E-state index contributed by atoms with van der Waals surface area (Å²) in [5.74, 6) is 0.437. The summed E-state index contributed by atoms with van der Waals surface area (Å²) in [4.78, 5) is 14.2. The Balaban J connectivity index is 2.49. The number of aliphatic hydroxyl groups is 1. The zero-order valence-electron chi connectivity index (χ0n) is 15.3. The van der Waals surface area contributed by atoms with Crippen molar-refractivity contribution in [2.24, 2.45) is 5.92 Å². The van der Waals surface area contributed by atoms with Crippen molar-refractivity contribution in [3.63, 3.8) is 0 Å². The van der Waals surface area contributed by atoms with E-state index in [2.05, 4.69) is 19.2 Å². The highest BCUT2D eigenvalue weighted by molar-refractivity contribution is 5.68. The molecule has 0 saturated carbocycles. The van der Waals surface area contributed by atoms with Gasteiger partial charge in [-0.2, -0.15) is 0 Å². The van der Waals surface area contributed by atoms with Crippen molar-refractivity contribution in [3.05, 3.63) is 0 Å². The monoisotopic (exact) mass is 330 g/mol. The Hall–Kier alpha value is -0.850. The van der Waals surface area contributed by atoms with E-state index in [1.54, 1.807) is 4.90 Å². The van der Waals surface area contributed by atoms with E-state index >= 15 is 0 Å². The van der Waals surface area contributed by atoms with E-state index in [0.29, 0.717) is 25.7 Å². The molecule has 0 radical (unpaired) electrons. The van der Waals surface area contributed by atoms with Gasteiger partial charge in [-0.25, -0.2) is 4.79 Å². The molecule has 3 atom stereocenters. The van der Waals surface area contributed by atoms with Gasteiger partial charge < -0.3 is 24.8 Å². The average molecular weight is 330 g/mol. The normalized spacial score (nSPS) is 21.8. The lowest BCUT2D eigenvalue weighted by molar-refractivity contribution is -0.0356. The minimum absolute atomic E-state index is 0.0363. The summed E-state index contributed by atoms with van der Waals surface area (Å²) >= 11 is 0. The van der Waals surface area contributed by atoms with Crippen LogP contribution in [0.5, 0.6) is 0 Å². The number of rotatable bonds is 7. The van der Waals surface area contributed by atoms with Crippen LogP contribution in [0.3, 0.4) is 0 Å². The molecule has 1 aliphatic rings. The Morgan fingerprint density at radius 1 is 1.43 bits per heavy atom. The molecule has 0 aromatic carbocycles. The number of amides is 1. The van der Waals surface area contributed by atoms with Crippen molar-refractivity contribution in [3.8, 4) is 0 Å². The number of hydrogen-bond donors (Lipinski definition) is 2. The first kappa shape index (κ1) is 20.2. The summed E-state index contributed by atoms with van der Waals surface area (Å²) in [5, 5.41) is 12.4. The Bertz CT molecular complexity index is 357. The molecule has 0 spiro atoms. The SMILES string of the molecule is CC(CCO)CNC(C)CC1COCCN1C(=O)OC(C)(C)C. The van der Waals surface area contributed by atoms with Crippen LogP contribution in [-0.2, 0) is 9.47 Å². The number of ether oxygens (including phenoxy) is 2. The maximum absolute atomic E-state index is 12.4. The fraction of sp³-hybridized carbons (Fsp3) is 0.941. The number of nitrogens with one attached hydrogen (secondary N) is 1. The molecule has 0 aliphatic carbocycles. The molecule has 6 nitrogen and oxygen atoms in total. The molecule has 1 amide bonds. The summed E-state index contributed by atoms with van der Waals surface area (Å²) in [7, 11) is 0. The van der Waals surface area contributed by atoms with E-state index in [0.717, 1.165) is 19.4 Å². The third-order valence-electron chi connectivity index (χ3n) is 3.92. The second-order valence-corrected chi connectivity index (χ2v) is 7.56. The molecule has 23 heavy (non-hydrogen) atoms. The lowest BCUT2D eigenvalue weighted by Gasteiger charge is -2.37. The lowest BCUT2D eigenvalue weighted by Crippen LogP contribution is -2.52. The maximum Gasteiger partial charge on any atom is 0.410 e. The molecule has 2 N–H and O–H groups in total. The van der Waals surface area contributed by atoms with E-state index in [1.807, 2.05) is 20.8 Å². The maximum atomic E-state index is 12.4. The van der Waals surface area contributed by atoms with Gasteiger partial charge in [0.15, 0.2) is 0 Å². The predicted molar refractivity (Wildman–Crippen MR) is 90.5 cm³/mol. The van der Waals surface area contributed by atoms with E-state index in [9.17, 15) is 4.79 Å². The zero-order chi connectivity index (χ0) is 17.5. The highest BCUT2D eigenvalue weighted by Crippen LogP contribution is 2.17.